The van der Waals surface area contributed by atoms with Crippen LogP contribution in [0.5, 0.6) is 5.75 Å². The number of aromatic nitrogens is 1. The van der Waals surface area contributed by atoms with Gasteiger partial charge in [-0.1, -0.05) is 0 Å². The van der Waals surface area contributed by atoms with Crippen molar-refractivity contribution in [1.29, 1.82) is 0 Å². The van der Waals surface area contributed by atoms with E-state index in [9.17, 15) is 22.8 Å². The number of carbonyl (C=O) groups excluding carboxylic acids is 3. The van der Waals surface area contributed by atoms with Crippen molar-refractivity contribution in [2.24, 2.45) is 0 Å². The molecule has 0 bridgehead atoms. The number of hydrogen-bond donors (Lipinski definition) is 2. The van der Waals surface area contributed by atoms with E-state index >= 15 is 0 Å². The van der Waals surface area contributed by atoms with Crippen LogP contribution in [-0.2, 0) is 24.4 Å². The molecular formula is C21H16N4O6S2. The lowest BCUT2D eigenvalue weighted by Gasteiger charge is -2.18. The molecule has 0 atom stereocenters. The van der Waals surface area contributed by atoms with Crippen molar-refractivity contribution in [3.05, 3.63) is 47.8 Å². The van der Waals surface area contributed by atoms with E-state index < -0.39 is 10.0 Å². The maximum absolute atomic E-state index is 12.8. The summed E-state index contributed by atoms with van der Waals surface area (Å²) < 4.78 is 33.3. The molecule has 5 rings (SSSR count). The van der Waals surface area contributed by atoms with Crippen LogP contribution in [-0.4, -0.2) is 37.7 Å². The van der Waals surface area contributed by atoms with Gasteiger partial charge in [0.15, 0.2) is 11.7 Å². The molecule has 3 amide bonds. The summed E-state index contributed by atoms with van der Waals surface area (Å²) in [7, 11) is -3.94. The van der Waals surface area contributed by atoms with Crippen LogP contribution < -0.4 is 19.7 Å². The highest BCUT2D eigenvalue weighted by molar-refractivity contribution is 7.93. The van der Waals surface area contributed by atoms with Crippen LogP contribution in [0.15, 0.2) is 52.7 Å². The normalized spacial score (nSPS) is 15.8. The van der Waals surface area contributed by atoms with Gasteiger partial charge in [0.25, 0.3) is 15.9 Å². The maximum Gasteiger partial charge on any atom is 0.263 e. The number of hydrogen-bond acceptors (Lipinski definition) is 8. The number of amides is 3. The van der Waals surface area contributed by atoms with E-state index in [0.29, 0.717) is 28.4 Å². The molecule has 2 aliphatic rings. The Balaban J connectivity index is 1.34. The molecule has 2 aromatic carbocycles. The highest BCUT2D eigenvalue weighted by Gasteiger charge is 2.30. The summed E-state index contributed by atoms with van der Waals surface area (Å²) in [6.07, 6.45) is 0.298. The number of thiazole rings is 1. The first kappa shape index (κ1) is 21.1. The molecule has 3 aromatic rings. The Morgan fingerprint density at radius 2 is 1.76 bits per heavy atom. The van der Waals surface area contributed by atoms with Gasteiger partial charge in [0.2, 0.25) is 11.8 Å². The minimum absolute atomic E-state index is 0.0317. The third-order valence-corrected chi connectivity index (χ3v) is 7.33. The van der Waals surface area contributed by atoms with E-state index in [1.54, 1.807) is 23.6 Å². The first-order valence-corrected chi connectivity index (χ1v) is 12.2. The number of benzene rings is 2. The Kier molecular flexibility index (Phi) is 5.10. The molecule has 0 saturated carbocycles. The highest BCUT2D eigenvalue weighted by atomic mass is 32.2. The molecule has 3 heterocycles. The molecule has 0 unspecified atom stereocenters. The zero-order chi connectivity index (χ0) is 23.2. The van der Waals surface area contributed by atoms with E-state index in [4.69, 9.17) is 4.74 Å². The van der Waals surface area contributed by atoms with Crippen LogP contribution in [0.25, 0.3) is 11.3 Å². The zero-order valence-electron chi connectivity index (χ0n) is 16.9. The van der Waals surface area contributed by atoms with Gasteiger partial charge in [0, 0.05) is 23.8 Å². The fraction of sp³-hybridized carbons (Fsp3) is 0.143. The van der Waals surface area contributed by atoms with E-state index in [0.717, 1.165) is 16.2 Å². The standard InChI is InChI=1S/C21H16N4O6S2/c26-18-10-31-17-6-1-12(9-15(17)22-18)16-11-32-21(23-16)24-33(29,30)14-4-2-13(3-5-14)25-19(27)7-8-20(25)28/h1-6,9,11H,7-8,10H2,(H,22,26)(H,23,24). The van der Waals surface area contributed by atoms with Gasteiger partial charge < -0.3 is 10.1 Å². The molecule has 1 saturated heterocycles. The average molecular weight is 485 g/mol. The van der Waals surface area contributed by atoms with E-state index in [1.165, 1.54) is 24.3 Å². The van der Waals surface area contributed by atoms with Crippen molar-refractivity contribution in [3.63, 3.8) is 0 Å². The van der Waals surface area contributed by atoms with Crippen LogP contribution in [0.4, 0.5) is 16.5 Å². The van der Waals surface area contributed by atoms with Crippen LogP contribution >= 0.6 is 11.3 Å². The number of sulfonamides is 1. The fourth-order valence-corrected chi connectivity index (χ4v) is 5.48. The molecule has 1 fully saturated rings. The van der Waals surface area contributed by atoms with Gasteiger partial charge >= 0.3 is 0 Å². The van der Waals surface area contributed by atoms with Crippen molar-refractivity contribution in [2.45, 2.75) is 17.7 Å². The molecular weight excluding hydrogens is 468 g/mol. The zero-order valence-corrected chi connectivity index (χ0v) is 18.5. The largest absolute Gasteiger partial charge is 0.482 e. The Morgan fingerprint density at radius 3 is 2.48 bits per heavy atom. The number of imide groups is 1. The molecule has 2 aliphatic heterocycles. The molecule has 0 aliphatic carbocycles. The number of rotatable bonds is 5. The van der Waals surface area contributed by atoms with Crippen molar-refractivity contribution in [1.82, 2.24) is 4.98 Å². The van der Waals surface area contributed by atoms with Gasteiger partial charge in [-0.2, -0.15) is 0 Å². The lowest BCUT2D eigenvalue weighted by molar-refractivity contribution is -0.121. The third-order valence-electron chi connectivity index (χ3n) is 5.09. The van der Waals surface area contributed by atoms with Crippen molar-refractivity contribution in [3.8, 4) is 17.0 Å². The van der Waals surface area contributed by atoms with E-state index in [-0.39, 0.29) is 47.2 Å². The Labute approximate surface area is 192 Å². The van der Waals surface area contributed by atoms with Crippen LogP contribution in [0, 0.1) is 0 Å². The predicted molar refractivity (Wildman–Crippen MR) is 121 cm³/mol. The van der Waals surface area contributed by atoms with Crippen molar-refractivity contribution >= 4 is 55.6 Å². The topological polar surface area (TPSA) is 135 Å². The van der Waals surface area contributed by atoms with Crippen LogP contribution in [0.1, 0.15) is 12.8 Å². The number of ether oxygens (including phenoxy) is 1. The molecule has 2 N–H and O–H groups in total. The molecule has 33 heavy (non-hydrogen) atoms. The second-order valence-corrected chi connectivity index (χ2v) is 9.85. The summed E-state index contributed by atoms with van der Waals surface area (Å²) in [6, 6.07) is 10.7. The SMILES string of the molecule is O=C1COc2ccc(-c3csc(NS(=O)(=O)c4ccc(N5C(=O)CCC5=O)cc4)n3)cc2N1. The fourth-order valence-electron chi connectivity index (χ4n) is 3.51. The first-order chi connectivity index (χ1) is 15.8. The molecule has 12 heteroatoms. The van der Waals surface area contributed by atoms with Crippen molar-refractivity contribution < 1.29 is 27.5 Å². The number of nitrogens with one attached hydrogen (secondary N) is 2. The highest BCUT2D eigenvalue weighted by Crippen LogP contribution is 2.34. The maximum atomic E-state index is 12.8. The van der Waals surface area contributed by atoms with Gasteiger partial charge in [-0.05, 0) is 42.5 Å². The van der Waals surface area contributed by atoms with Crippen LogP contribution in [0.3, 0.4) is 0 Å². The Hall–Kier alpha value is -3.77. The lowest BCUT2D eigenvalue weighted by Crippen LogP contribution is -2.28. The Bertz CT molecular complexity index is 1380. The number of nitrogens with zero attached hydrogens (tertiary/aromatic N) is 2. The molecule has 0 radical (unpaired) electrons. The molecule has 10 nitrogen and oxygen atoms in total. The van der Waals surface area contributed by atoms with Gasteiger partial charge in [-0.3, -0.25) is 24.0 Å². The van der Waals surface area contributed by atoms with Gasteiger partial charge in [-0.25, -0.2) is 13.4 Å². The number of carbonyl (C=O) groups is 3. The summed E-state index contributed by atoms with van der Waals surface area (Å²) in [5.74, 6) is -0.319. The van der Waals surface area contributed by atoms with E-state index in [2.05, 4.69) is 15.0 Å². The third kappa shape index (κ3) is 4.05. The quantitative estimate of drug-likeness (QED) is 0.532. The summed E-state index contributed by atoms with van der Waals surface area (Å²) in [5, 5.41) is 4.58. The second-order valence-electron chi connectivity index (χ2n) is 7.31. The van der Waals surface area contributed by atoms with Gasteiger partial charge in [0.1, 0.15) is 5.75 Å². The minimum atomic E-state index is -3.94. The lowest BCUT2D eigenvalue weighted by atomic mass is 10.1. The Morgan fingerprint density at radius 1 is 1.03 bits per heavy atom. The molecule has 1 aromatic heterocycles. The predicted octanol–water partition coefficient (Wildman–Crippen LogP) is 2.60. The molecule has 168 valence electrons. The minimum Gasteiger partial charge on any atom is -0.482 e. The van der Waals surface area contributed by atoms with Crippen molar-refractivity contribution in [2.75, 3.05) is 21.5 Å². The second kappa shape index (κ2) is 7.98. The average Bonchev–Trinajstić information content (AvgIpc) is 3.39. The number of anilines is 3. The summed E-state index contributed by atoms with van der Waals surface area (Å²) in [4.78, 5) is 40.6. The van der Waals surface area contributed by atoms with E-state index in [1.807, 2.05) is 0 Å². The summed E-state index contributed by atoms with van der Waals surface area (Å²) in [5.41, 5.74) is 2.07. The van der Waals surface area contributed by atoms with Gasteiger partial charge in [0.05, 0.1) is 22.0 Å². The summed E-state index contributed by atoms with van der Waals surface area (Å²) in [6.45, 7) is -0.0411. The summed E-state index contributed by atoms with van der Waals surface area (Å²) >= 11 is 1.11. The number of fused-ring (bicyclic) bond motifs is 1. The molecule has 0 spiro atoms. The monoisotopic (exact) mass is 484 g/mol. The first-order valence-electron chi connectivity index (χ1n) is 9.81. The van der Waals surface area contributed by atoms with Gasteiger partial charge in [-0.15, -0.1) is 11.3 Å². The van der Waals surface area contributed by atoms with Crippen LogP contribution in [0.2, 0.25) is 0 Å². The smallest absolute Gasteiger partial charge is 0.263 e.